The number of carbonyl (C=O) groups excluding carboxylic acids is 1. The fraction of sp³-hybridized carbons (Fsp3) is 0.357. The highest BCUT2D eigenvalue weighted by Gasteiger charge is 2.09. The second-order valence-electron chi connectivity index (χ2n) is 4.60. The van der Waals surface area contributed by atoms with Gasteiger partial charge < -0.3 is 0 Å². The zero-order chi connectivity index (χ0) is 13.8. The molecule has 19 heavy (non-hydrogen) atoms. The van der Waals surface area contributed by atoms with E-state index in [4.69, 9.17) is 0 Å². The first kappa shape index (κ1) is 14.2. The second kappa shape index (κ2) is 6.30. The van der Waals surface area contributed by atoms with E-state index < -0.39 is 0 Å². The Balaban J connectivity index is 1.96. The lowest BCUT2D eigenvalue weighted by Gasteiger charge is -2.05. The van der Waals surface area contributed by atoms with Crippen LogP contribution in [0.1, 0.15) is 41.5 Å². The Morgan fingerprint density at radius 3 is 2.53 bits per heavy atom. The van der Waals surface area contributed by atoms with Gasteiger partial charge in [0.05, 0.1) is 5.75 Å². The molecular weight excluding hydrogens is 276 g/mol. The summed E-state index contributed by atoms with van der Waals surface area (Å²) in [5, 5.41) is 0. The van der Waals surface area contributed by atoms with Crippen molar-refractivity contribution in [3.63, 3.8) is 0 Å². The maximum absolute atomic E-state index is 12.0. The second-order valence-corrected chi connectivity index (χ2v) is 6.57. The molecule has 0 aliphatic rings. The fourth-order valence-corrected chi connectivity index (χ4v) is 3.14. The number of nitrogens with zero attached hydrogens (tertiary/aromatic N) is 2. The number of aryl methyl sites for hydroxylation is 1. The molecule has 0 spiro atoms. The molecule has 1 aromatic heterocycles. The minimum Gasteiger partial charge on any atom is -0.293 e. The number of hydrogen-bond acceptors (Lipinski definition) is 5. The van der Waals surface area contributed by atoms with Gasteiger partial charge in [0.15, 0.2) is 10.1 Å². The van der Waals surface area contributed by atoms with E-state index in [-0.39, 0.29) is 5.78 Å². The molecule has 2 rings (SSSR count). The largest absolute Gasteiger partial charge is 0.293 e. The van der Waals surface area contributed by atoms with E-state index in [9.17, 15) is 4.79 Å². The molecule has 0 bridgehead atoms. The third-order valence-corrected chi connectivity index (χ3v) is 4.66. The first-order chi connectivity index (χ1) is 9.06. The molecule has 100 valence electrons. The van der Waals surface area contributed by atoms with Crippen LogP contribution in [0.3, 0.4) is 0 Å². The van der Waals surface area contributed by atoms with Gasteiger partial charge in [-0.25, -0.2) is 4.98 Å². The summed E-state index contributed by atoms with van der Waals surface area (Å²) in [6.45, 7) is 6.14. The van der Waals surface area contributed by atoms with Crippen LogP contribution in [0.5, 0.6) is 0 Å². The molecular formula is C14H16N2OS2. The van der Waals surface area contributed by atoms with Gasteiger partial charge in [-0.2, -0.15) is 4.37 Å². The van der Waals surface area contributed by atoms with Crippen molar-refractivity contribution in [2.24, 2.45) is 0 Å². The van der Waals surface area contributed by atoms with E-state index in [2.05, 4.69) is 23.2 Å². The summed E-state index contributed by atoms with van der Waals surface area (Å²) in [7, 11) is 0. The van der Waals surface area contributed by atoms with Crippen LogP contribution in [0, 0.1) is 6.92 Å². The highest BCUT2D eigenvalue weighted by atomic mass is 32.2. The van der Waals surface area contributed by atoms with Gasteiger partial charge in [0.2, 0.25) is 0 Å². The van der Waals surface area contributed by atoms with Crippen LogP contribution in [0.2, 0.25) is 0 Å². The Kier molecular flexibility index (Phi) is 4.71. The predicted molar refractivity (Wildman–Crippen MR) is 80.2 cm³/mol. The lowest BCUT2D eigenvalue weighted by Crippen LogP contribution is -2.02. The molecule has 0 amide bonds. The number of aromatic nitrogens is 2. The molecule has 0 unspecified atom stereocenters. The van der Waals surface area contributed by atoms with Crippen molar-refractivity contribution in [2.75, 3.05) is 5.75 Å². The molecule has 1 aromatic carbocycles. The Hall–Kier alpha value is -1.20. The summed E-state index contributed by atoms with van der Waals surface area (Å²) >= 11 is 2.79. The minimum atomic E-state index is 0.133. The number of benzene rings is 1. The molecule has 0 aliphatic heterocycles. The van der Waals surface area contributed by atoms with Gasteiger partial charge in [0.1, 0.15) is 5.82 Å². The zero-order valence-corrected chi connectivity index (χ0v) is 12.8. The first-order valence-electron chi connectivity index (χ1n) is 6.12. The van der Waals surface area contributed by atoms with Gasteiger partial charge in [-0.3, -0.25) is 4.79 Å². The van der Waals surface area contributed by atoms with Crippen molar-refractivity contribution in [1.82, 2.24) is 9.36 Å². The molecule has 0 atom stereocenters. The average Bonchev–Trinajstić information content (AvgIpc) is 2.82. The van der Waals surface area contributed by atoms with E-state index in [0.29, 0.717) is 11.7 Å². The Bertz CT molecular complexity index is 561. The molecule has 0 N–H and O–H groups in total. The topological polar surface area (TPSA) is 42.9 Å². The molecule has 1 heterocycles. The van der Waals surface area contributed by atoms with Crippen molar-refractivity contribution >= 4 is 29.1 Å². The zero-order valence-electron chi connectivity index (χ0n) is 11.2. The average molecular weight is 292 g/mol. The van der Waals surface area contributed by atoms with Gasteiger partial charge in [-0.15, -0.1) is 0 Å². The van der Waals surface area contributed by atoms with Crippen LogP contribution in [0.15, 0.2) is 28.6 Å². The highest BCUT2D eigenvalue weighted by molar-refractivity contribution is 8.01. The van der Waals surface area contributed by atoms with Gasteiger partial charge >= 0.3 is 0 Å². The molecule has 0 fully saturated rings. The quantitative estimate of drug-likeness (QED) is 0.618. The van der Waals surface area contributed by atoms with Crippen molar-refractivity contribution < 1.29 is 4.79 Å². The third kappa shape index (κ3) is 3.88. The molecule has 2 aromatic rings. The number of rotatable bonds is 5. The highest BCUT2D eigenvalue weighted by Crippen LogP contribution is 2.21. The van der Waals surface area contributed by atoms with Crippen LogP contribution < -0.4 is 0 Å². The van der Waals surface area contributed by atoms with Gasteiger partial charge in [-0.1, -0.05) is 49.9 Å². The van der Waals surface area contributed by atoms with Crippen molar-refractivity contribution in [3.8, 4) is 0 Å². The van der Waals surface area contributed by atoms with Crippen LogP contribution in [0.4, 0.5) is 0 Å². The van der Waals surface area contributed by atoms with Crippen LogP contribution in [-0.4, -0.2) is 20.9 Å². The molecule has 3 nitrogen and oxygen atoms in total. The molecule has 0 saturated carbocycles. The van der Waals surface area contributed by atoms with E-state index in [1.165, 1.54) is 28.9 Å². The summed E-state index contributed by atoms with van der Waals surface area (Å²) in [6.07, 6.45) is 0. The SMILES string of the molecule is Cc1nsc(SCC(=O)c2ccc(C(C)C)cc2)n1. The minimum absolute atomic E-state index is 0.133. The first-order valence-corrected chi connectivity index (χ1v) is 7.88. The molecule has 0 radical (unpaired) electrons. The summed E-state index contributed by atoms with van der Waals surface area (Å²) in [5.74, 6) is 1.80. The van der Waals surface area contributed by atoms with Crippen LogP contribution in [-0.2, 0) is 0 Å². The fourth-order valence-electron chi connectivity index (χ4n) is 1.60. The smallest absolute Gasteiger partial charge is 0.173 e. The Labute approximate surface area is 121 Å². The summed E-state index contributed by atoms with van der Waals surface area (Å²) in [6, 6.07) is 7.86. The van der Waals surface area contributed by atoms with E-state index >= 15 is 0 Å². The van der Waals surface area contributed by atoms with Gasteiger partial charge in [0.25, 0.3) is 0 Å². The molecule has 0 saturated heterocycles. The molecule has 5 heteroatoms. The van der Waals surface area contributed by atoms with E-state index in [1.807, 2.05) is 31.2 Å². The summed E-state index contributed by atoms with van der Waals surface area (Å²) in [5.41, 5.74) is 2.02. The standard InChI is InChI=1S/C14H16N2OS2/c1-9(2)11-4-6-12(7-5-11)13(17)8-18-14-15-10(3)16-19-14/h4-7,9H,8H2,1-3H3. The van der Waals surface area contributed by atoms with Crippen molar-refractivity contribution in [1.29, 1.82) is 0 Å². The monoisotopic (exact) mass is 292 g/mol. The number of ketones is 1. The Morgan fingerprint density at radius 1 is 1.32 bits per heavy atom. The Morgan fingerprint density at radius 2 is 2.00 bits per heavy atom. The summed E-state index contributed by atoms with van der Waals surface area (Å²) in [4.78, 5) is 16.3. The lowest BCUT2D eigenvalue weighted by atomic mass is 10.0. The number of carbonyl (C=O) groups is 1. The maximum Gasteiger partial charge on any atom is 0.173 e. The van der Waals surface area contributed by atoms with Crippen LogP contribution in [0.25, 0.3) is 0 Å². The molecule has 0 aliphatic carbocycles. The number of thioether (sulfide) groups is 1. The van der Waals surface area contributed by atoms with Gasteiger partial charge in [-0.05, 0) is 29.9 Å². The van der Waals surface area contributed by atoms with E-state index in [1.54, 1.807) is 0 Å². The summed E-state index contributed by atoms with van der Waals surface area (Å²) < 4.78 is 4.95. The normalized spacial score (nSPS) is 10.9. The van der Waals surface area contributed by atoms with Crippen LogP contribution >= 0.6 is 23.3 Å². The lowest BCUT2D eigenvalue weighted by molar-refractivity contribution is 0.102. The predicted octanol–water partition coefficient (Wildman–Crippen LogP) is 3.94. The van der Waals surface area contributed by atoms with Crippen molar-refractivity contribution in [3.05, 3.63) is 41.2 Å². The van der Waals surface area contributed by atoms with Gasteiger partial charge in [0, 0.05) is 5.56 Å². The number of Topliss-reactive ketones (excluding diaryl/α,β-unsaturated/α-hetero) is 1. The maximum atomic E-state index is 12.0. The van der Waals surface area contributed by atoms with E-state index in [0.717, 1.165) is 15.7 Å². The van der Waals surface area contributed by atoms with Crippen molar-refractivity contribution in [2.45, 2.75) is 31.0 Å². The third-order valence-electron chi connectivity index (χ3n) is 2.74. The number of hydrogen-bond donors (Lipinski definition) is 0.